The molecule has 0 saturated heterocycles. The SMILES string of the molecule is Cc1nc(C(=O)NCCn2cc(C(=O)N(C)Cc3ccccc3)nn2)cs1. The lowest BCUT2D eigenvalue weighted by Gasteiger charge is -2.15. The zero-order valence-corrected chi connectivity index (χ0v) is 15.9. The number of aryl methyl sites for hydroxylation is 1. The largest absolute Gasteiger partial charge is 0.349 e. The number of amides is 2. The van der Waals surface area contributed by atoms with Gasteiger partial charge in [-0.3, -0.25) is 9.59 Å². The van der Waals surface area contributed by atoms with Gasteiger partial charge in [0.25, 0.3) is 11.8 Å². The maximum Gasteiger partial charge on any atom is 0.276 e. The first-order valence-corrected chi connectivity index (χ1v) is 9.31. The van der Waals surface area contributed by atoms with Gasteiger partial charge in [0.05, 0.1) is 17.7 Å². The first kappa shape index (κ1) is 18.7. The van der Waals surface area contributed by atoms with Crippen LogP contribution in [0.2, 0.25) is 0 Å². The van der Waals surface area contributed by atoms with E-state index in [1.165, 1.54) is 16.0 Å². The fraction of sp³-hybridized carbons (Fsp3) is 0.278. The van der Waals surface area contributed by atoms with Crippen molar-refractivity contribution in [3.8, 4) is 0 Å². The number of nitrogens with zero attached hydrogens (tertiary/aromatic N) is 5. The van der Waals surface area contributed by atoms with Crippen LogP contribution in [0.15, 0.2) is 41.9 Å². The van der Waals surface area contributed by atoms with E-state index in [-0.39, 0.29) is 17.5 Å². The third-order valence-corrected chi connectivity index (χ3v) is 4.62. The van der Waals surface area contributed by atoms with E-state index in [2.05, 4.69) is 20.6 Å². The molecule has 0 aliphatic carbocycles. The van der Waals surface area contributed by atoms with Gasteiger partial charge in [-0.25, -0.2) is 9.67 Å². The predicted molar refractivity (Wildman–Crippen MR) is 101 cm³/mol. The smallest absolute Gasteiger partial charge is 0.276 e. The molecule has 9 heteroatoms. The molecule has 0 saturated carbocycles. The monoisotopic (exact) mass is 384 g/mol. The van der Waals surface area contributed by atoms with Gasteiger partial charge in [-0.15, -0.1) is 16.4 Å². The Hall–Kier alpha value is -3.07. The van der Waals surface area contributed by atoms with Crippen LogP contribution in [-0.4, -0.2) is 50.3 Å². The summed E-state index contributed by atoms with van der Waals surface area (Å²) in [5.41, 5.74) is 1.73. The zero-order valence-electron chi connectivity index (χ0n) is 15.1. The van der Waals surface area contributed by atoms with E-state index >= 15 is 0 Å². The minimum atomic E-state index is -0.224. The minimum absolute atomic E-state index is 0.202. The fourth-order valence-corrected chi connectivity index (χ4v) is 3.07. The lowest BCUT2D eigenvalue weighted by Crippen LogP contribution is -2.27. The Morgan fingerprint density at radius 1 is 1.22 bits per heavy atom. The Kier molecular flexibility index (Phi) is 5.92. The second-order valence-electron chi connectivity index (χ2n) is 6.02. The zero-order chi connectivity index (χ0) is 19.2. The van der Waals surface area contributed by atoms with E-state index < -0.39 is 0 Å². The van der Waals surface area contributed by atoms with E-state index in [9.17, 15) is 9.59 Å². The number of carbonyl (C=O) groups is 2. The Morgan fingerprint density at radius 3 is 2.70 bits per heavy atom. The van der Waals surface area contributed by atoms with Crippen LogP contribution in [0.3, 0.4) is 0 Å². The number of aromatic nitrogens is 4. The van der Waals surface area contributed by atoms with Gasteiger partial charge in [0.1, 0.15) is 5.69 Å². The van der Waals surface area contributed by atoms with Crippen molar-refractivity contribution in [3.05, 3.63) is 63.9 Å². The molecule has 0 fully saturated rings. The van der Waals surface area contributed by atoms with Crippen LogP contribution in [-0.2, 0) is 13.1 Å². The summed E-state index contributed by atoms with van der Waals surface area (Å²) in [6.45, 7) is 3.13. The summed E-state index contributed by atoms with van der Waals surface area (Å²) < 4.78 is 1.54. The molecule has 0 unspecified atom stereocenters. The fourth-order valence-electron chi connectivity index (χ4n) is 2.47. The van der Waals surface area contributed by atoms with Gasteiger partial charge in [-0.05, 0) is 12.5 Å². The molecule has 0 aliphatic rings. The Balaban J connectivity index is 1.50. The van der Waals surface area contributed by atoms with Crippen LogP contribution in [0.4, 0.5) is 0 Å². The van der Waals surface area contributed by atoms with E-state index in [4.69, 9.17) is 0 Å². The van der Waals surface area contributed by atoms with Gasteiger partial charge in [0.15, 0.2) is 5.69 Å². The molecule has 2 aromatic heterocycles. The molecular formula is C18H20N6O2S. The van der Waals surface area contributed by atoms with Crippen LogP contribution in [0.1, 0.15) is 31.5 Å². The lowest BCUT2D eigenvalue weighted by molar-refractivity contribution is 0.0778. The number of carbonyl (C=O) groups excluding carboxylic acids is 2. The van der Waals surface area contributed by atoms with Gasteiger partial charge in [0, 0.05) is 25.5 Å². The highest BCUT2D eigenvalue weighted by Crippen LogP contribution is 2.08. The number of nitrogens with one attached hydrogen (secondary N) is 1. The summed E-state index contributed by atoms with van der Waals surface area (Å²) in [5.74, 6) is -0.426. The van der Waals surface area contributed by atoms with Crippen LogP contribution in [0.25, 0.3) is 0 Å². The average Bonchev–Trinajstić information content (AvgIpc) is 3.31. The van der Waals surface area contributed by atoms with Crippen LogP contribution in [0, 0.1) is 6.92 Å². The van der Waals surface area contributed by atoms with Crippen molar-refractivity contribution in [2.75, 3.05) is 13.6 Å². The molecule has 3 rings (SSSR count). The second kappa shape index (κ2) is 8.54. The summed E-state index contributed by atoms with van der Waals surface area (Å²) in [6, 6.07) is 9.74. The van der Waals surface area contributed by atoms with Gasteiger partial charge in [0.2, 0.25) is 0 Å². The molecule has 2 amide bonds. The highest BCUT2D eigenvalue weighted by Gasteiger charge is 2.16. The summed E-state index contributed by atoms with van der Waals surface area (Å²) in [7, 11) is 1.73. The third kappa shape index (κ3) is 4.98. The summed E-state index contributed by atoms with van der Waals surface area (Å²) in [4.78, 5) is 30.1. The molecule has 0 aliphatic heterocycles. The van der Waals surface area contributed by atoms with Crippen molar-refractivity contribution in [1.82, 2.24) is 30.2 Å². The Bertz CT molecular complexity index is 921. The molecular weight excluding hydrogens is 364 g/mol. The summed E-state index contributed by atoms with van der Waals surface area (Å²) in [6.07, 6.45) is 1.59. The average molecular weight is 384 g/mol. The van der Waals surface area contributed by atoms with E-state index in [0.717, 1.165) is 10.6 Å². The molecule has 3 aromatic rings. The van der Waals surface area contributed by atoms with Crippen LogP contribution < -0.4 is 5.32 Å². The van der Waals surface area contributed by atoms with Crippen molar-refractivity contribution >= 4 is 23.2 Å². The molecule has 0 spiro atoms. The Morgan fingerprint density at radius 2 is 2.00 bits per heavy atom. The van der Waals surface area contributed by atoms with Gasteiger partial charge >= 0.3 is 0 Å². The maximum absolute atomic E-state index is 12.5. The quantitative estimate of drug-likeness (QED) is 0.670. The van der Waals surface area contributed by atoms with Crippen molar-refractivity contribution in [2.24, 2.45) is 0 Å². The number of hydrogen-bond acceptors (Lipinski definition) is 6. The molecule has 27 heavy (non-hydrogen) atoms. The minimum Gasteiger partial charge on any atom is -0.349 e. The molecule has 8 nitrogen and oxygen atoms in total. The maximum atomic E-state index is 12.5. The van der Waals surface area contributed by atoms with Gasteiger partial charge in [-0.2, -0.15) is 0 Å². The predicted octanol–water partition coefficient (Wildman–Crippen LogP) is 1.75. The van der Waals surface area contributed by atoms with Crippen LogP contribution >= 0.6 is 11.3 Å². The first-order valence-electron chi connectivity index (χ1n) is 8.43. The molecule has 1 aromatic carbocycles. The summed E-state index contributed by atoms with van der Waals surface area (Å²) in [5, 5.41) is 13.2. The number of rotatable bonds is 7. The van der Waals surface area contributed by atoms with Crippen molar-refractivity contribution < 1.29 is 9.59 Å². The molecule has 0 radical (unpaired) electrons. The van der Waals surface area contributed by atoms with E-state index in [1.54, 1.807) is 23.5 Å². The van der Waals surface area contributed by atoms with Crippen molar-refractivity contribution in [3.63, 3.8) is 0 Å². The molecule has 1 N–H and O–H groups in total. The number of thiazole rings is 1. The first-order chi connectivity index (χ1) is 13.0. The summed E-state index contributed by atoms with van der Waals surface area (Å²) >= 11 is 1.43. The van der Waals surface area contributed by atoms with E-state index in [0.29, 0.717) is 25.3 Å². The van der Waals surface area contributed by atoms with Crippen molar-refractivity contribution in [2.45, 2.75) is 20.0 Å². The topological polar surface area (TPSA) is 93.0 Å². The molecule has 0 bridgehead atoms. The number of hydrogen-bond donors (Lipinski definition) is 1. The number of benzene rings is 1. The van der Waals surface area contributed by atoms with Gasteiger partial charge in [-0.1, -0.05) is 35.5 Å². The lowest BCUT2D eigenvalue weighted by atomic mass is 10.2. The second-order valence-corrected chi connectivity index (χ2v) is 7.08. The normalized spacial score (nSPS) is 10.6. The van der Waals surface area contributed by atoms with Crippen LogP contribution in [0.5, 0.6) is 0 Å². The Labute approximate surface area is 160 Å². The molecule has 140 valence electrons. The highest BCUT2D eigenvalue weighted by molar-refractivity contribution is 7.09. The van der Waals surface area contributed by atoms with E-state index in [1.807, 2.05) is 37.3 Å². The van der Waals surface area contributed by atoms with Gasteiger partial charge < -0.3 is 10.2 Å². The molecule has 0 atom stereocenters. The standard InChI is InChI=1S/C18H20N6O2S/c1-13-20-16(12-27-13)17(25)19-8-9-24-11-15(21-22-24)18(26)23(2)10-14-6-4-3-5-7-14/h3-7,11-12H,8-10H2,1-2H3,(H,19,25). The molecule has 2 heterocycles. The van der Waals surface area contributed by atoms with Crippen molar-refractivity contribution in [1.29, 1.82) is 0 Å². The third-order valence-electron chi connectivity index (χ3n) is 3.85. The highest BCUT2D eigenvalue weighted by atomic mass is 32.1.